The Bertz CT molecular complexity index is 1030. The first-order valence-electron chi connectivity index (χ1n) is 8.73. The quantitative estimate of drug-likeness (QED) is 0.497. The van der Waals surface area contributed by atoms with Crippen LogP contribution in [-0.4, -0.2) is 46.6 Å². The normalized spacial score (nSPS) is 11.0. The molecule has 0 saturated carbocycles. The van der Waals surface area contributed by atoms with Crippen LogP contribution in [-0.2, 0) is 13.0 Å². The first kappa shape index (κ1) is 20.0. The molecule has 9 heteroatoms. The van der Waals surface area contributed by atoms with Gasteiger partial charge in [0.2, 0.25) is 0 Å². The summed E-state index contributed by atoms with van der Waals surface area (Å²) in [4.78, 5) is 20.4. The van der Waals surface area contributed by atoms with E-state index >= 15 is 0 Å². The summed E-state index contributed by atoms with van der Waals surface area (Å²) < 4.78 is 10.5. The number of ether oxygens (including phenoxy) is 2. The van der Waals surface area contributed by atoms with Gasteiger partial charge in [0.1, 0.15) is 5.56 Å². The van der Waals surface area contributed by atoms with E-state index < -0.39 is 5.91 Å². The number of methoxy groups -OCH3 is 2. The zero-order chi connectivity index (χ0) is 20.8. The van der Waals surface area contributed by atoms with Crippen LogP contribution in [0.2, 0.25) is 0 Å². The molecule has 1 aromatic carbocycles. The molecule has 4 N–H and O–H groups in total. The summed E-state index contributed by atoms with van der Waals surface area (Å²) in [6.07, 6.45) is 5.27. The molecule has 0 aliphatic heterocycles. The number of pyridine rings is 1. The Morgan fingerprint density at radius 1 is 1.31 bits per heavy atom. The van der Waals surface area contributed by atoms with Gasteiger partial charge < -0.3 is 20.3 Å². The Morgan fingerprint density at radius 2 is 2.07 bits per heavy atom. The Balaban J connectivity index is 1.96. The molecule has 0 unspecified atom stereocenters. The summed E-state index contributed by atoms with van der Waals surface area (Å²) in [5.41, 5.74) is 8.39. The van der Waals surface area contributed by atoms with Gasteiger partial charge in [0.25, 0.3) is 5.91 Å². The standard InChI is InChI=1S/C20H21N5O4/c1-28-16-7-13(14(11-26)8-17(16)29-2)10-23-20-18(19(21)27)15(24-25-20)6-12-4-3-5-22-9-12/h3-5,7-10,26H,6,11H2,1-2H3,(H2,21,27)(H,24,25). The maximum absolute atomic E-state index is 12.0. The minimum absolute atomic E-state index is 0.162. The number of hydrogen-bond acceptors (Lipinski definition) is 7. The Labute approximate surface area is 167 Å². The average molecular weight is 395 g/mol. The predicted octanol–water partition coefficient (Wildman–Crippen LogP) is 1.75. The number of nitrogens with two attached hydrogens (primary N) is 1. The number of nitrogens with zero attached hydrogens (tertiary/aromatic N) is 3. The van der Waals surface area contributed by atoms with Gasteiger partial charge in [0, 0.05) is 30.6 Å². The number of aromatic amines is 1. The Kier molecular flexibility index (Phi) is 6.20. The summed E-state index contributed by atoms with van der Waals surface area (Å²) in [6, 6.07) is 7.04. The van der Waals surface area contributed by atoms with Gasteiger partial charge >= 0.3 is 0 Å². The third-order valence-electron chi connectivity index (χ3n) is 4.31. The van der Waals surface area contributed by atoms with Gasteiger partial charge in [-0.3, -0.25) is 14.9 Å². The summed E-state index contributed by atoms with van der Waals surface area (Å²) >= 11 is 0. The fourth-order valence-electron chi connectivity index (χ4n) is 2.88. The molecule has 1 amide bonds. The summed E-state index contributed by atoms with van der Waals surface area (Å²) in [5, 5.41) is 16.6. The number of H-pyrrole nitrogens is 1. The van der Waals surface area contributed by atoms with Crippen molar-refractivity contribution in [1.82, 2.24) is 15.2 Å². The third kappa shape index (κ3) is 4.41. The highest BCUT2D eigenvalue weighted by Gasteiger charge is 2.18. The number of aromatic nitrogens is 3. The highest BCUT2D eigenvalue weighted by molar-refractivity contribution is 5.99. The molecule has 29 heavy (non-hydrogen) atoms. The minimum Gasteiger partial charge on any atom is -0.493 e. The molecule has 0 saturated heterocycles. The van der Waals surface area contributed by atoms with Gasteiger partial charge in [-0.25, -0.2) is 4.99 Å². The van der Waals surface area contributed by atoms with Crippen molar-refractivity contribution in [3.05, 3.63) is 64.6 Å². The van der Waals surface area contributed by atoms with E-state index in [0.29, 0.717) is 34.7 Å². The van der Waals surface area contributed by atoms with Gasteiger partial charge in [-0.15, -0.1) is 0 Å². The SMILES string of the molecule is COc1cc(C=Nc2n[nH]c(Cc3cccnc3)c2C(N)=O)c(CO)cc1OC. The number of carbonyl (C=O) groups is 1. The second-order valence-electron chi connectivity index (χ2n) is 6.13. The second kappa shape index (κ2) is 8.98. The lowest BCUT2D eigenvalue weighted by atomic mass is 10.1. The van der Waals surface area contributed by atoms with Crippen LogP contribution in [0.4, 0.5) is 5.82 Å². The molecule has 3 rings (SSSR count). The van der Waals surface area contributed by atoms with E-state index in [-0.39, 0.29) is 18.0 Å². The lowest BCUT2D eigenvalue weighted by Crippen LogP contribution is -2.13. The summed E-state index contributed by atoms with van der Waals surface area (Å²) in [6.45, 7) is -0.225. The molecule has 0 spiro atoms. The number of benzene rings is 1. The van der Waals surface area contributed by atoms with Crippen LogP contribution in [0.25, 0.3) is 0 Å². The highest BCUT2D eigenvalue weighted by atomic mass is 16.5. The number of hydrogen-bond donors (Lipinski definition) is 3. The maximum atomic E-state index is 12.0. The fraction of sp³-hybridized carbons (Fsp3) is 0.200. The monoisotopic (exact) mass is 395 g/mol. The van der Waals surface area contributed by atoms with E-state index in [1.807, 2.05) is 12.1 Å². The molecule has 2 aromatic heterocycles. The number of aliphatic hydroxyl groups is 1. The van der Waals surface area contributed by atoms with E-state index in [2.05, 4.69) is 20.2 Å². The number of amides is 1. The van der Waals surface area contributed by atoms with Crippen LogP contribution in [0.15, 0.2) is 41.7 Å². The van der Waals surface area contributed by atoms with Crippen molar-refractivity contribution in [2.45, 2.75) is 13.0 Å². The molecule has 3 aromatic rings. The smallest absolute Gasteiger partial charge is 0.254 e. The molecule has 0 aliphatic rings. The number of nitrogens with one attached hydrogen (secondary N) is 1. The van der Waals surface area contributed by atoms with E-state index in [9.17, 15) is 9.90 Å². The first-order valence-corrected chi connectivity index (χ1v) is 8.73. The molecule has 0 radical (unpaired) electrons. The minimum atomic E-state index is -0.639. The molecule has 0 fully saturated rings. The van der Waals surface area contributed by atoms with Gasteiger partial charge in [0.15, 0.2) is 17.3 Å². The number of rotatable bonds is 8. The van der Waals surface area contributed by atoms with Gasteiger partial charge in [0.05, 0.1) is 26.5 Å². The first-order chi connectivity index (χ1) is 14.1. The average Bonchev–Trinajstić information content (AvgIpc) is 3.14. The van der Waals surface area contributed by atoms with Crippen molar-refractivity contribution < 1.29 is 19.4 Å². The van der Waals surface area contributed by atoms with E-state index in [1.54, 1.807) is 24.5 Å². The Morgan fingerprint density at radius 3 is 2.69 bits per heavy atom. The lowest BCUT2D eigenvalue weighted by molar-refractivity contribution is 0.1000. The molecular formula is C20H21N5O4. The number of aliphatic imine (C=N–C) groups is 1. The predicted molar refractivity (Wildman–Crippen MR) is 107 cm³/mol. The van der Waals surface area contributed by atoms with Gasteiger partial charge in [-0.2, -0.15) is 5.10 Å². The topological polar surface area (TPSA) is 136 Å². The van der Waals surface area contributed by atoms with Crippen molar-refractivity contribution in [1.29, 1.82) is 0 Å². The van der Waals surface area contributed by atoms with Crippen molar-refractivity contribution in [2.24, 2.45) is 10.7 Å². The van der Waals surface area contributed by atoms with Crippen molar-refractivity contribution in [3.63, 3.8) is 0 Å². The lowest BCUT2D eigenvalue weighted by Gasteiger charge is -2.11. The van der Waals surface area contributed by atoms with Crippen molar-refractivity contribution in [3.8, 4) is 11.5 Å². The van der Waals surface area contributed by atoms with Crippen molar-refractivity contribution in [2.75, 3.05) is 14.2 Å². The van der Waals surface area contributed by atoms with Crippen LogP contribution in [0, 0.1) is 0 Å². The molecule has 9 nitrogen and oxygen atoms in total. The van der Waals surface area contributed by atoms with E-state index in [0.717, 1.165) is 5.56 Å². The van der Waals surface area contributed by atoms with Crippen LogP contribution < -0.4 is 15.2 Å². The van der Waals surface area contributed by atoms with E-state index in [1.165, 1.54) is 20.4 Å². The van der Waals surface area contributed by atoms with Crippen LogP contribution in [0.3, 0.4) is 0 Å². The molecule has 0 bridgehead atoms. The third-order valence-corrected chi connectivity index (χ3v) is 4.31. The zero-order valence-corrected chi connectivity index (χ0v) is 16.0. The molecule has 0 aliphatic carbocycles. The number of carbonyl (C=O) groups excluding carboxylic acids is 1. The number of primary amides is 1. The van der Waals surface area contributed by atoms with Gasteiger partial charge in [-0.05, 0) is 29.3 Å². The zero-order valence-electron chi connectivity index (χ0n) is 16.0. The van der Waals surface area contributed by atoms with Gasteiger partial charge in [-0.1, -0.05) is 6.07 Å². The summed E-state index contributed by atoms with van der Waals surface area (Å²) in [5.74, 6) is 0.500. The maximum Gasteiger partial charge on any atom is 0.254 e. The molecular weight excluding hydrogens is 374 g/mol. The van der Waals surface area contributed by atoms with Crippen LogP contribution in [0.1, 0.15) is 32.7 Å². The second-order valence-corrected chi connectivity index (χ2v) is 6.13. The summed E-state index contributed by atoms with van der Waals surface area (Å²) in [7, 11) is 3.03. The Hall–Kier alpha value is -3.72. The highest BCUT2D eigenvalue weighted by Crippen LogP contribution is 2.30. The fourth-order valence-corrected chi connectivity index (χ4v) is 2.88. The largest absolute Gasteiger partial charge is 0.493 e. The van der Waals surface area contributed by atoms with E-state index in [4.69, 9.17) is 15.2 Å². The van der Waals surface area contributed by atoms with Crippen molar-refractivity contribution >= 4 is 17.9 Å². The van der Waals surface area contributed by atoms with Crippen LogP contribution >= 0.6 is 0 Å². The molecule has 150 valence electrons. The molecule has 0 atom stereocenters. The van der Waals surface area contributed by atoms with Crippen LogP contribution in [0.5, 0.6) is 11.5 Å². The molecule has 2 heterocycles. The number of aliphatic hydroxyl groups excluding tert-OH is 1.